The molecule has 1 aromatic heterocycles. The van der Waals surface area contributed by atoms with Crippen LogP contribution >= 0.6 is 0 Å². The summed E-state index contributed by atoms with van der Waals surface area (Å²) in [6, 6.07) is 0. The van der Waals surface area contributed by atoms with Crippen LogP contribution < -0.4 is 0 Å². The highest BCUT2D eigenvalue weighted by atomic mass is 16.4. The van der Waals surface area contributed by atoms with Crippen molar-refractivity contribution in [1.29, 1.82) is 0 Å². The topological polar surface area (TPSA) is 55.1 Å². The van der Waals surface area contributed by atoms with E-state index in [2.05, 4.69) is 9.55 Å². The molecule has 0 radical (unpaired) electrons. The number of aromatic carboxylic acids is 1. The molecule has 4 heteroatoms. The molecule has 1 aliphatic rings. The van der Waals surface area contributed by atoms with E-state index in [0.717, 1.165) is 43.7 Å². The zero-order valence-corrected chi connectivity index (χ0v) is 8.29. The molecule has 0 saturated carbocycles. The predicted molar refractivity (Wildman–Crippen MR) is 51.5 cm³/mol. The van der Waals surface area contributed by atoms with Gasteiger partial charge in [0.25, 0.3) is 0 Å². The minimum Gasteiger partial charge on any atom is -0.476 e. The van der Waals surface area contributed by atoms with Gasteiger partial charge in [0.15, 0.2) is 5.69 Å². The maximum atomic E-state index is 10.9. The molecule has 1 aliphatic heterocycles. The predicted octanol–water partition coefficient (Wildman–Crippen LogP) is 1.48. The second kappa shape index (κ2) is 3.44. The Bertz CT molecular complexity index is 368. The van der Waals surface area contributed by atoms with Gasteiger partial charge >= 0.3 is 5.97 Å². The summed E-state index contributed by atoms with van der Waals surface area (Å²) in [6.45, 7) is 2.94. The molecule has 0 spiro atoms. The van der Waals surface area contributed by atoms with Crippen molar-refractivity contribution in [3.05, 3.63) is 17.2 Å². The van der Waals surface area contributed by atoms with Crippen molar-refractivity contribution in [2.75, 3.05) is 0 Å². The molecule has 0 unspecified atom stereocenters. The van der Waals surface area contributed by atoms with Gasteiger partial charge in [-0.25, -0.2) is 9.78 Å². The molecule has 0 aromatic carbocycles. The maximum Gasteiger partial charge on any atom is 0.356 e. The summed E-state index contributed by atoms with van der Waals surface area (Å²) in [5, 5.41) is 8.97. The summed E-state index contributed by atoms with van der Waals surface area (Å²) in [4.78, 5) is 15.1. The van der Waals surface area contributed by atoms with Crippen molar-refractivity contribution in [1.82, 2.24) is 9.55 Å². The van der Waals surface area contributed by atoms with Gasteiger partial charge in [0.05, 0.1) is 5.69 Å². The lowest BCUT2D eigenvalue weighted by Gasteiger charge is -2.16. The van der Waals surface area contributed by atoms with Crippen LogP contribution in [0.4, 0.5) is 0 Å². The lowest BCUT2D eigenvalue weighted by molar-refractivity contribution is 0.0689. The maximum absolute atomic E-state index is 10.9. The minimum absolute atomic E-state index is 0.265. The van der Waals surface area contributed by atoms with Gasteiger partial charge in [-0.15, -0.1) is 0 Å². The Morgan fingerprint density at radius 1 is 1.57 bits per heavy atom. The number of carbonyl (C=O) groups is 1. The van der Waals surface area contributed by atoms with E-state index in [1.165, 1.54) is 0 Å². The first-order chi connectivity index (χ1) is 6.74. The lowest BCUT2D eigenvalue weighted by Crippen LogP contribution is -2.14. The quantitative estimate of drug-likeness (QED) is 0.775. The van der Waals surface area contributed by atoms with E-state index in [4.69, 9.17) is 5.11 Å². The number of carboxylic acid groups (broad SMARTS) is 1. The summed E-state index contributed by atoms with van der Waals surface area (Å²) in [5.41, 5.74) is 1.18. The first-order valence-corrected chi connectivity index (χ1v) is 5.05. The Balaban J connectivity index is 2.52. The van der Waals surface area contributed by atoms with Gasteiger partial charge in [-0.2, -0.15) is 0 Å². The van der Waals surface area contributed by atoms with E-state index in [0.29, 0.717) is 0 Å². The molecule has 0 saturated heterocycles. The van der Waals surface area contributed by atoms with Crippen molar-refractivity contribution < 1.29 is 9.90 Å². The van der Waals surface area contributed by atoms with Gasteiger partial charge in [-0.1, -0.05) is 6.92 Å². The second-order valence-electron chi connectivity index (χ2n) is 3.59. The highest BCUT2D eigenvalue weighted by Crippen LogP contribution is 2.21. The fourth-order valence-electron chi connectivity index (χ4n) is 2.06. The lowest BCUT2D eigenvalue weighted by atomic mass is 10.1. The zero-order valence-electron chi connectivity index (χ0n) is 8.29. The Morgan fingerprint density at radius 2 is 2.36 bits per heavy atom. The average Bonchev–Trinajstić information content (AvgIpc) is 2.56. The summed E-state index contributed by atoms with van der Waals surface area (Å²) in [5.74, 6) is 0.0208. The molecule has 2 rings (SSSR count). The van der Waals surface area contributed by atoms with Crippen LogP contribution in [-0.4, -0.2) is 20.6 Å². The molecule has 1 N–H and O–H groups in total. The summed E-state index contributed by atoms with van der Waals surface area (Å²) in [7, 11) is 0. The zero-order chi connectivity index (χ0) is 10.1. The molecule has 0 aliphatic carbocycles. The van der Waals surface area contributed by atoms with E-state index in [1.807, 2.05) is 6.92 Å². The Labute approximate surface area is 82.6 Å². The van der Waals surface area contributed by atoms with Gasteiger partial charge in [-0.3, -0.25) is 0 Å². The molecular weight excluding hydrogens is 180 g/mol. The Kier molecular flexibility index (Phi) is 2.27. The van der Waals surface area contributed by atoms with E-state index in [1.54, 1.807) is 0 Å². The molecule has 14 heavy (non-hydrogen) atoms. The van der Waals surface area contributed by atoms with Crippen LogP contribution in [0.1, 0.15) is 41.8 Å². The standard InChI is InChI=1S/C10H14N2O2/c1-2-8-11-9(10(13)14)7-5-3-4-6-12(7)8/h2-6H2,1H3,(H,13,14). The van der Waals surface area contributed by atoms with Gasteiger partial charge in [0, 0.05) is 13.0 Å². The number of hydrogen-bond acceptors (Lipinski definition) is 2. The van der Waals surface area contributed by atoms with Gasteiger partial charge in [-0.05, 0) is 19.3 Å². The average molecular weight is 194 g/mol. The molecule has 2 heterocycles. The van der Waals surface area contributed by atoms with Crippen molar-refractivity contribution in [2.45, 2.75) is 39.2 Å². The molecule has 1 aromatic rings. The summed E-state index contributed by atoms with van der Waals surface area (Å²) >= 11 is 0. The molecule has 0 atom stereocenters. The van der Waals surface area contributed by atoms with Crippen LogP contribution in [0.3, 0.4) is 0 Å². The van der Waals surface area contributed by atoms with Crippen LogP contribution in [0, 0.1) is 0 Å². The van der Waals surface area contributed by atoms with Crippen molar-refractivity contribution in [2.24, 2.45) is 0 Å². The van der Waals surface area contributed by atoms with Crippen molar-refractivity contribution in [3.63, 3.8) is 0 Å². The Hall–Kier alpha value is -1.32. The summed E-state index contributed by atoms with van der Waals surface area (Å²) in [6.07, 6.45) is 3.87. The molecule has 0 bridgehead atoms. The first kappa shape index (κ1) is 9.24. The van der Waals surface area contributed by atoms with Gasteiger partial charge < -0.3 is 9.67 Å². The van der Waals surface area contributed by atoms with E-state index < -0.39 is 5.97 Å². The normalized spacial score (nSPS) is 15.2. The van der Waals surface area contributed by atoms with Crippen molar-refractivity contribution in [3.8, 4) is 0 Å². The Morgan fingerprint density at radius 3 is 3.00 bits per heavy atom. The van der Waals surface area contributed by atoms with Gasteiger partial charge in [0.1, 0.15) is 5.82 Å². The minimum atomic E-state index is -0.893. The largest absolute Gasteiger partial charge is 0.476 e. The third-order valence-electron chi connectivity index (χ3n) is 2.72. The fourth-order valence-corrected chi connectivity index (χ4v) is 2.06. The molecule has 0 fully saturated rings. The molecule has 4 nitrogen and oxygen atoms in total. The van der Waals surface area contributed by atoms with E-state index in [-0.39, 0.29) is 5.69 Å². The van der Waals surface area contributed by atoms with Crippen LogP contribution in [0.25, 0.3) is 0 Å². The monoisotopic (exact) mass is 194 g/mol. The number of nitrogens with zero attached hydrogens (tertiary/aromatic N) is 2. The SMILES string of the molecule is CCc1nc(C(=O)O)c2n1CCCC2. The highest BCUT2D eigenvalue weighted by Gasteiger charge is 2.22. The molecule has 76 valence electrons. The third kappa shape index (κ3) is 1.31. The number of hydrogen-bond donors (Lipinski definition) is 1. The molecule has 0 amide bonds. The number of carboxylic acids is 1. The number of imidazole rings is 1. The van der Waals surface area contributed by atoms with Crippen LogP contribution in [-0.2, 0) is 19.4 Å². The summed E-state index contributed by atoms with van der Waals surface area (Å²) < 4.78 is 2.08. The van der Waals surface area contributed by atoms with Crippen LogP contribution in [0.2, 0.25) is 0 Å². The van der Waals surface area contributed by atoms with Crippen molar-refractivity contribution >= 4 is 5.97 Å². The first-order valence-electron chi connectivity index (χ1n) is 5.05. The van der Waals surface area contributed by atoms with Crippen LogP contribution in [0.15, 0.2) is 0 Å². The van der Waals surface area contributed by atoms with E-state index >= 15 is 0 Å². The van der Waals surface area contributed by atoms with Crippen LogP contribution in [0.5, 0.6) is 0 Å². The highest BCUT2D eigenvalue weighted by molar-refractivity contribution is 5.86. The van der Waals surface area contributed by atoms with E-state index in [9.17, 15) is 4.79 Å². The number of aryl methyl sites for hydroxylation is 1. The smallest absolute Gasteiger partial charge is 0.356 e. The number of rotatable bonds is 2. The fraction of sp³-hybridized carbons (Fsp3) is 0.600. The number of aromatic nitrogens is 2. The number of fused-ring (bicyclic) bond motifs is 1. The third-order valence-corrected chi connectivity index (χ3v) is 2.72. The molecular formula is C10H14N2O2. The van der Waals surface area contributed by atoms with Gasteiger partial charge in [0.2, 0.25) is 0 Å². The second-order valence-corrected chi connectivity index (χ2v) is 3.59.